The minimum absolute atomic E-state index is 0.105. The van der Waals surface area contributed by atoms with Crippen molar-refractivity contribution in [1.29, 1.82) is 0 Å². The van der Waals surface area contributed by atoms with Crippen LogP contribution in [0.1, 0.15) is 19.8 Å². The number of nitrogens with two attached hydrogens (primary N) is 1. The van der Waals surface area contributed by atoms with Crippen molar-refractivity contribution in [3.63, 3.8) is 0 Å². The Hall–Kier alpha value is -2.37. The third-order valence-corrected chi connectivity index (χ3v) is 6.93. The summed E-state index contributed by atoms with van der Waals surface area (Å²) in [6.07, 6.45) is 2.06. The van der Waals surface area contributed by atoms with Gasteiger partial charge in [-0.1, -0.05) is 0 Å². The van der Waals surface area contributed by atoms with Gasteiger partial charge in [0.15, 0.2) is 0 Å². The van der Waals surface area contributed by atoms with Crippen molar-refractivity contribution in [2.24, 2.45) is 5.73 Å². The monoisotopic (exact) mass is 425 g/mol. The summed E-state index contributed by atoms with van der Waals surface area (Å²) < 4.78 is 32.6. The van der Waals surface area contributed by atoms with Gasteiger partial charge in [-0.15, -0.1) is 0 Å². The number of urea groups is 1. The molecule has 2 heterocycles. The van der Waals surface area contributed by atoms with Gasteiger partial charge in [-0.05, 0) is 38.0 Å². The average molecular weight is 426 g/mol. The van der Waals surface area contributed by atoms with Gasteiger partial charge in [-0.25, -0.2) is 13.2 Å². The molecule has 1 atom stereocenters. The summed E-state index contributed by atoms with van der Waals surface area (Å²) in [6, 6.07) is 3.10. The fourth-order valence-corrected chi connectivity index (χ4v) is 4.90. The first-order valence-corrected chi connectivity index (χ1v) is 11.1. The van der Waals surface area contributed by atoms with Crippen LogP contribution in [0.25, 0.3) is 0 Å². The van der Waals surface area contributed by atoms with Crippen LogP contribution >= 0.6 is 0 Å². The Kier molecular flexibility index (Phi) is 6.60. The fourth-order valence-electron chi connectivity index (χ4n) is 3.47. The van der Waals surface area contributed by atoms with E-state index in [1.54, 1.807) is 12.1 Å². The van der Waals surface area contributed by atoms with Crippen molar-refractivity contribution in [2.45, 2.75) is 30.7 Å². The molecule has 1 unspecified atom stereocenters. The Morgan fingerprint density at radius 3 is 2.41 bits per heavy atom. The fraction of sp³-hybridized carbons (Fsp3) is 0.556. The summed E-state index contributed by atoms with van der Waals surface area (Å²) in [7, 11) is -3.71. The number of morpholine rings is 1. The van der Waals surface area contributed by atoms with Crippen LogP contribution in [0.3, 0.4) is 0 Å². The summed E-state index contributed by atoms with van der Waals surface area (Å²) in [5.74, 6) is -0.481. The molecule has 160 valence electrons. The number of amides is 3. The minimum Gasteiger partial charge on any atom is -0.379 e. The van der Waals surface area contributed by atoms with Gasteiger partial charge in [-0.3, -0.25) is 4.79 Å². The topological polar surface area (TPSA) is 134 Å². The van der Waals surface area contributed by atoms with Crippen molar-refractivity contribution >= 4 is 33.3 Å². The molecule has 2 aliphatic rings. The van der Waals surface area contributed by atoms with E-state index in [4.69, 9.17) is 10.5 Å². The third-order valence-electron chi connectivity index (χ3n) is 5.03. The smallest absolute Gasteiger partial charge is 0.312 e. The molecule has 3 amide bonds. The number of primary amides is 1. The van der Waals surface area contributed by atoms with Crippen molar-refractivity contribution in [3.05, 3.63) is 18.2 Å². The van der Waals surface area contributed by atoms with Gasteiger partial charge in [0.25, 0.3) is 0 Å². The molecule has 0 bridgehead atoms. The first-order valence-electron chi connectivity index (χ1n) is 9.63. The molecule has 0 saturated carbocycles. The molecule has 11 heteroatoms. The molecule has 0 aliphatic carbocycles. The Bertz CT molecular complexity index is 863. The molecule has 29 heavy (non-hydrogen) atoms. The average Bonchev–Trinajstić information content (AvgIpc) is 3.22. The maximum atomic E-state index is 13.0. The lowest BCUT2D eigenvalue weighted by Crippen LogP contribution is -2.44. The van der Waals surface area contributed by atoms with E-state index in [1.165, 1.54) is 17.3 Å². The van der Waals surface area contributed by atoms with Crippen LogP contribution in [0, 0.1) is 0 Å². The number of anilines is 2. The number of hydrogen-bond acceptors (Lipinski definition) is 6. The van der Waals surface area contributed by atoms with Gasteiger partial charge in [0.1, 0.15) is 6.04 Å². The largest absolute Gasteiger partial charge is 0.379 e. The molecular formula is C18H27N5O5S. The molecule has 1 aromatic carbocycles. The summed E-state index contributed by atoms with van der Waals surface area (Å²) in [5, 5.41) is 5.07. The highest BCUT2D eigenvalue weighted by atomic mass is 32.2. The van der Waals surface area contributed by atoms with Crippen LogP contribution in [0.15, 0.2) is 23.1 Å². The maximum absolute atomic E-state index is 13.0. The standard InChI is InChI=1S/C18H27N5O5S/c1-13(20-18(19)25)17(24)21-15-12-14(4-5-16(15)22-6-2-3-7-22)29(26,27)23-8-10-28-11-9-23/h4-5,12-13H,2-3,6-11H2,1H3,(H,21,24)(H3,19,20,25). The summed E-state index contributed by atoms with van der Waals surface area (Å²) >= 11 is 0. The highest BCUT2D eigenvalue weighted by Gasteiger charge is 2.28. The number of rotatable bonds is 6. The van der Waals surface area contributed by atoms with E-state index in [-0.39, 0.29) is 18.0 Å². The van der Waals surface area contributed by atoms with Crippen molar-refractivity contribution in [1.82, 2.24) is 9.62 Å². The summed E-state index contributed by atoms with van der Waals surface area (Å²) in [6.45, 7) is 4.44. The lowest BCUT2D eigenvalue weighted by molar-refractivity contribution is -0.117. The van der Waals surface area contributed by atoms with Gasteiger partial charge >= 0.3 is 6.03 Å². The zero-order valence-corrected chi connectivity index (χ0v) is 17.2. The van der Waals surface area contributed by atoms with Gasteiger partial charge in [0.2, 0.25) is 15.9 Å². The number of nitrogens with one attached hydrogen (secondary N) is 2. The number of carbonyl (C=O) groups is 2. The predicted molar refractivity (Wildman–Crippen MR) is 108 cm³/mol. The van der Waals surface area contributed by atoms with Crippen LogP contribution in [0.5, 0.6) is 0 Å². The van der Waals surface area contributed by atoms with Crippen LogP contribution in [-0.2, 0) is 19.6 Å². The van der Waals surface area contributed by atoms with Gasteiger partial charge in [0, 0.05) is 26.2 Å². The SMILES string of the molecule is CC(NC(N)=O)C(=O)Nc1cc(S(=O)(=O)N2CCOCC2)ccc1N1CCCC1. The Morgan fingerprint density at radius 1 is 1.14 bits per heavy atom. The van der Waals surface area contributed by atoms with Crippen LogP contribution in [0.4, 0.5) is 16.2 Å². The minimum atomic E-state index is -3.71. The molecule has 1 aromatic rings. The molecule has 2 saturated heterocycles. The van der Waals surface area contributed by atoms with E-state index in [1.807, 2.05) is 0 Å². The Morgan fingerprint density at radius 2 is 1.79 bits per heavy atom. The molecular weight excluding hydrogens is 398 g/mol. The third kappa shape index (κ3) is 4.98. The normalized spacial score (nSPS) is 19.0. The van der Waals surface area contributed by atoms with E-state index < -0.39 is 28.0 Å². The molecule has 0 radical (unpaired) electrons. The number of nitrogens with zero attached hydrogens (tertiary/aromatic N) is 2. The lowest BCUT2D eigenvalue weighted by atomic mass is 10.2. The molecule has 0 aromatic heterocycles. The maximum Gasteiger partial charge on any atom is 0.312 e. The van der Waals surface area contributed by atoms with Gasteiger partial charge in [0.05, 0.1) is 29.5 Å². The zero-order chi connectivity index (χ0) is 21.0. The van der Waals surface area contributed by atoms with Crippen molar-refractivity contribution in [2.75, 3.05) is 49.6 Å². The first-order chi connectivity index (χ1) is 13.8. The number of benzene rings is 1. The summed E-state index contributed by atoms with van der Waals surface area (Å²) in [5.41, 5.74) is 6.23. The molecule has 3 rings (SSSR count). The second-order valence-corrected chi connectivity index (χ2v) is 9.05. The Labute approximate surface area is 170 Å². The number of ether oxygens (including phenoxy) is 1. The number of hydrogen-bond donors (Lipinski definition) is 3. The van der Waals surface area contributed by atoms with E-state index in [9.17, 15) is 18.0 Å². The van der Waals surface area contributed by atoms with Crippen LogP contribution in [0.2, 0.25) is 0 Å². The zero-order valence-electron chi connectivity index (χ0n) is 16.4. The van der Waals surface area contributed by atoms with Crippen molar-refractivity contribution < 1.29 is 22.7 Å². The van der Waals surface area contributed by atoms with Gasteiger partial charge < -0.3 is 26.0 Å². The van der Waals surface area contributed by atoms with E-state index in [2.05, 4.69) is 15.5 Å². The lowest BCUT2D eigenvalue weighted by Gasteiger charge is -2.27. The second kappa shape index (κ2) is 8.97. The second-order valence-electron chi connectivity index (χ2n) is 7.11. The Balaban J connectivity index is 1.91. The quantitative estimate of drug-likeness (QED) is 0.600. The van der Waals surface area contributed by atoms with Crippen LogP contribution < -0.4 is 21.3 Å². The van der Waals surface area contributed by atoms with E-state index >= 15 is 0 Å². The predicted octanol–water partition coefficient (Wildman–Crippen LogP) is 0.303. The van der Waals surface area contributed by atoms with Crippen molar-refractivity contribution in [3.8, 4) is 0 Å². The highest BCUT2D eigenvalue weighted by molar-refractivity contribution is 7.89. The van der Waals surface area contributed by atoms with E-state index in [0.29, 0.717) is 18.9 Å². The first kappa shape index (κ1) is 21.3. The van der Waals surface area contributed by atoms with E-state index in [0.717, 1.165) is 31.6 Å². The molecule has 2 aliphatic heterocycles. The number of carbonyl (C=O) groups excluding carboxylic acids is 2. The molecule has 10 nitrogen and oxygen atoms in total. The highest BCUT2D eigenvalue weighted by Crippen LogP contribution is 2.32. The van der Waals surface area contributed by atoms with Gasteiger partial charge in [-0.2, -0.15) is 4.31 Å². The summed E-state index contributed by atoms with van der Waals surface area (Å²) in [4.78, 5) is 25.7. The molecule has 2 fully saturated rings. The molecule has 0 spiro atoms. The molecule has 4 N–H and O–H groups in total. The number of sulfonamides is 1. The van der Waals surface area contributed by atoms with Crippen LogP contribution in [-0.4, -0.2) is 70.1 Å².